The second kappa shape index (κ2) is 11.6. The first kappa shape index (κ1) is 33.4. The van der Waals surface area contributed by atoms with Crippen LogP contribution in [0.2, 0.25) is 0 Å². The number of hydrogen-bond donors (Lipinski definition) is 2. The summed E-state index contributed by atoms with van der Waals surface area (Å²) in [6.07, 6.45) is 12.8. The molecular formula is C39H62O8. The number of aliphatic carboxylic acids is 1. The van der Waals surface area contributed by atoms with Crippen LogP contribution < -0.4 is 0 Å². The minimum atomic E-state index is -0.788. The van der Waals surface area contributed by atoms with E-state index in [1.54, 1.807) is 0 Å². The molecule has 5 saturated carbocycles. The van der Waals surface area contributed by atoms with Gasteiger partial charge in [0.1, 0.15) is 0 Å². The van der Waals surface area contributed by atoms with Crippen molar-refractivity contribution in [3.8, 4) is 0 Å². The van der Waals surface area contributed by atoms with E-state index in [9.17, 15) is 15.0 Å². The summed E-state index contributed by atoms with van der Waals surface area (Å²) in [7, 11) is 0. The Morgan fingerprint density at radius 1 is 0.851 bits per heavy atom. The van der Waals surface area contributed by atoms with Gasteiger partial charge < -0.3 is 24.4 Å². The Balaban J connectivity index is 0.962. The fourth-order valence-electron chi connectivity index (χ4n) is 14.1. The summed E-state index contributed by atoms with van der Waals surface area (Å²) in [5, 5.41) is 21.3. The van der Waals surface area contributed by atoms with Gasteiger partial charge in [-0.25, -0.2) is 9.78 Å². The molecule has 47 heavy (non-hydrogen) atoms. The van der Waals surface area contributed by atoms with Crippen LogP contribution in [0.1, 0.15) is 131 Å². The predicted molar refractivity (Wildman–Crippen MR) is 174 cm³/mol. The van der Waals surface area contributed by atoms with Gasteiger partial charge in [-0.05, 0) is 142 Å². The maximum Gasteiger partial charge on any atom is 0.303 e. The van der Waals surface area contributed by atoms with Crippen LogP contribution >= 0.6 is 0 Å². The van der Waals surface area contributed by atoms with Gasteiger partial charge >= 0.3 is 5.97 Å². The lowest BCUT2D eigenvalue weighted by molar-refractivity contribution is -0.578. The van der Waals surface area contributed by atoms with Crippen LogP contribution in [0.5, 0.6) is 0 Å². The number of carboxylic acid groups (broad SMARTS) is 1. The number of carboxylic acids is 1. The molecule has 0 aromatic heterocycles. The van der Waals surface area contributed by atoms with Gasteiger partial charge in [0.2, 0.25) is 5.79 Å². The lowest BCUT2D eigenvalue weighted by Crippen LogP contribution is -2.70. The highest BCUT2D eigenvalue weighted by Crippen LogP contribution is 2.69. The number of ether oxygens (including phenoxy) is 3. The minimum absolute atomic E-state index is 0.0645. The normalized spacial score (nSPS) is 57.2. The summed E-state index contributed by atoms with van der Waals surface area (Å²) >= 11 is 0. The molecule has 8 nitrogen and oxygen atoms in total. The zero-order chi connectivity index (χ0) is 33.1. The molecule has 8 heteroatoms. The van der Waals surface area contributed by atoms with E-state index in [0.717, 1.165) is 51.4 Å². The smallest absolute Gasteiger partial charge is 0.303 e. The van der Waals surface area contributed by atoms with Gasteiger partial charge in [0.15, 0.2) is 18.2 Å². The number of hydrogen-bond acceptors (Lipinski definition) is 7. The number of aliphatic hydroxyl groups is 1. The summed E-state index contributed by atoms with van der Waals surface area (Å²) in [6, 6.07) is 0. The molecule has 1 spiro atoms. The van der Waals surface area contributed by atoms with E-state index in [1.165, 1.54) is 32.1 Å². The van der Waals surface area contributed by atoms with Crippen LogP contribution in [-0.2, 0) is 28.8 Å². The summed E-state index contributed by atoms with van der Waals surface area (Å²) < 4.78 is 20.4. The van der Waals surface area contributed by atoms with Crippen molar-refractivity contribution in [1.82, 2.24) is 0 Å². The Hall–Kier alpha value is -0.770. The van der Waals surface area contributed by atoms with Crippen molar-refractivity contribution in [2.24, 2.45) is 70.0 Å². The van der Waals surface area contributed by atoms with Crippen LogP contribution in [0.4, 0.5) is 0 Å². The Morgan fingerprint density at radius 2 is 1.57 bits per heavy atom. The first-order valence-corrected chi connectivity index (χ1v) is 19.5. The number of rotatable bonds is 6. The van der Waals surface area contributed by atoms with Crippen LogP contribution in [0.15, 0.2) is 0 Å². The topological polar surface area (TPSA) is 104 Å². The van der Waals surface area contributed by atoms with Crippen molar-refractivity contribution in [1.29, 1.82) is 0 Å². The molecule has 18 atom stereocenters. The third-order valence-corrected chi connectivity index (χ3v) is 16.6. The average Bonchev–Trinajstić information content (AvgIpc) is 3.22. The van der Waals surface area contributed by atoms with Gasteiger partial charge in [0.25, 0.3) is 0 Å². The van der Waals surface area contributed by atoms with E-state index in [-0.39, 0.29) is 53.5 Å². The average molecular weight is 659 g/mol. The molecule has 0 amide bonds. The maximum atomic E-state index is 11.9. The van der Waals surface area contributed by atoms with E-state index in [0.29, 0.717) is 41.4 Å². The lowest BCUT2D eigenvalue weighted by atomic mass is 9.43. The zero-order valence-electron chi connectivity index (χ0n) is 29.8. The van der Waals surface area contributed by atoms with Gasteiger partial charge in [-0.3, -0.25) is 4.79 Å². The van der Waals surface area contributed by atoms with Gasteiger partial charge in [0, 0.05) is 24.7 Å². The monoisotopic (exact) mass is 658 g/mol. The third kappa shape index (κ3) is 4.98. The summed E-state index contributed by atoms with van der Waals surface area (Å²) in [5.74, 6) is 2.93. The molecule has 9 rings (SSSR count). The van der Waals surface area contributed by atoms with Crippen molar-refractivity contribution >= 4 is 5.97 Å². The van der Waals surface area contributed by atoms with Gasteiger partial charge in [-0.15, -0.1) is 0 Å². The largest absolute Gasteiger partial charge is 0.481 e. The molecule has 9 unspecified atom stereocenters. The minimum Gasteiger partial charge on any atom is -0.481 e. The molecule has 266 valence electrons. The molecule has 9 fully saturated rings. The Morgan fingerprint density at radius 3 is 2.36 bits per heavy atom. The molecule has 2 N–H and O–H groups in total. The van der Waals surface area contributed by atoms with Crippen molar-refractivity contribution in [2.75, 3.05) is 0 Å². The van der Waals surface area contributed by atoms with Crippen LogP contribution in [0.3, 0.4) is 0 Å². The summed E-state index contributed by atoms with van der Waals surface area (Å²) in [5.41, 5.74) is -0.194. The lowest BCUT2D eigenvalue weighted by Gasteiger charge is -2.63. The molecule has 0 aromatic carbocycles. The third-order valence-electron chi connectivity index (χ3n) is 16.6. The number of aliphatic hydroxyl groups excluding tert-OH is 1. The first-order valence-electron chi connectivity index (χ1n) is 19.5. The van der Waals surface area contributed by atoms with Crippen molar-refractivity contribution in [3.63, 3.8) is 0 Å². The standard InChI is InChI=1S/C39H62O8/c1-21(8-12-33(41)42)26-10-11-29-25-20-32(40)31-19-24(13-16-37(31,5)30(25)14-17-36(26,29)4)43-34-23(3)28-9-7-22(2)27-15-18-38(6)45-35(44-34)39(27,28)47-46-38/h21-32,34-35,40H,7-20H2,1-6H3,(H,41,42)/t21-,22-,23-,24-,25?,26-,27?,28?,29?,30?,31?,32+,34?,35?,36-,37-,38?,39-/m1/s1. The van der Waals surface area contributed by atoms with Crippen molar-refractivity contribution in [3.05, 3.63) is 0 Å². The SMILES string of the molecule is C[C@H]1C(O[C@@H]2CC[C@]3(C)C4CC[C@@]5(C)C(CC[C@@H]5[C@H](C)CCC(=O)O)C4C[C@H](O)C3C2)OC2OC3(C)CCC4[C@H](C)CCC1[C@@]24OO3. The van der Waals surface area contributed by atoms with E-state index in [1.807, 2.05) is 6.92 Å². The van der Waals surface area contributed by atoms with Crippen molar-refractivity contribution < 1.29 is 39.0 Å². The van der Waals surface area contributed by atoms with Gasteiger partial charge in [-0.2, -0.15) is 0 Å². The highest BCUT2D eigenvalue weighted by molar-refractivity contribution is 5.66. The highest BCUT2D eigenvalue weighted by Gasteiger charge is 2.70. The second-order valence-corrected chi connectivity index (χ2v) is 18.7. The highest BCUT2D eigenvalue weighted by atomic mass is 17.3. The van der Waals surface area contributed by atoms with E-state index < -0.39 is 23.6 Å². The van der Waals surface area contributed by atoms with Crippen molar-refractivity contribution in [2.45, 2.75) is 168 Å². The molecule has 4 saturated heterocycles. The summed E-state index contributed by atoms with van der Waals surface area (Å²) in [6.45, 7) is 13.9. The molecule has 0 aromatic rings. The first-order chi connectivity index (χ1) is 22.3. The quantitative estimate of drug-likeness (QED) is 0.221. The molecule has 0 radical (unpaired) electrons. The molecular weight excluding hydrogens is 596 g/mol. The van der Waals surface area contributed by atoms with Crippen LogP contribution in [-0.4, -0.2) is 52.4 Å². The fraction of sp³-hybridized carbons (Fsp3) is 0.974. The Bertz CT molecular complexity index is 1210. The molecule has 2 bridgehead atoms. The van der Waals surface area contributed by atoms with E-state index in [4.69, 9.17) is 24.0 Å². The molecule has 9 aliphatic rings. The van der Waals surface area contributed by atoms with Crippen LogP contribution in [0.25, 0.3) is 0 Å². The fourth-order valence-corrected chi connectivity index (χ4v) is 14.1. The molecule has 4 aliphatic heterocycles. The predicted octanol–water partition coefficient (Wildman–Crippen LogP) is 7.71. The van der Waals surface area contributed by atoms with Gasteiger partial charge in [0.05, 0.1) is 12.2 Å². The van der Waals surface area contributed by atoms with Gasteiger partial charge in [-0.1, -0.05) is 34.6 Å². The van der Waals surface area contributed by atoms with E-state index >= 15 is 0 Å². The second-order valence-electron chi connectivity index (χ2n) is 18.7. The maximum absolute atomic E-state index is 11.9. The summed E-state index contributed by atoms with van der Waals surface area (Å²) in [4.78, 5) is 23.7. The van der Waals surface area contributed by atoms with Crippen LogP contribution in [0, 0.1) is 70.0 Å². The van der Waals surface area contributed by atoms with E-state index in [2.05, 4.69) is 34.6 Å². The molecule has 5 aliphatic carbocycles. The Labute approximate surface area is 282 Å². The number of fused-ring (bicyclic) bond motifs is 7. The molecule has 4 heterocycles. The zero-order valence-corrected chi connectivity index (χ0v) is 29.8. The number of carbonyl (C=O) groups is 1. The Kier molecular flexibility index (Phi) is 8.26.